The number of hydrogen-bond acceptors (Lipinski definition) is 4. The van der Waals surface area contributed by atoms with Crippen molar-refractivity contribution in [2.45, 2.75) is 6.42 Å². The highest BCUT2D eigenvalue weighted by Gasteiger charge is 2.38. The number of carbonyl (C=O) groups is 3. The maximum atomic E-state index is 11.8. The van der Waals surface area contributed by atoms with Gasteiger partial charge in [-0.2, -0.15) is 0 Å². The zero-order valence-electron chi connectivity index (χ0n) is 9.10. The van der Waals surface area contributed by atoms with Crippen molar-refractivity contribution in [3.8, 4) is 5.75 Å². The number of fused-ring (bicyclic) bond motifs is 1. The number of ether oxygens (including phenoxy) is 1. The van der Waals surface area contributed by atoms with Crippen molar-refractivity contribution in [3.63, 3.8) is 0 Å². The van der Waals surface area contributed by atoms with Gasteiger partial charge in [-0.05, 0) is 30.2 Å². The molecule has 1 N–H and O–H groups in total. The smallest absolute Gasteiger partial charge is 0.372 e. The summed E-state index contributed by atoms with van der Waals surface area (Å²) in [5.41, 5.74) is 1.07. The lowest BCUT2D eigenvalue weighted by Gasteiger charge is -2.01. The zero-order chi connectivity index (χ0) is 12.6. The topological polar surface area (TPSA) is 80.7 Å². The van der Waals surface area contributed by atoms with Gasteiger partial charge in [-0.15, -0.1) is 0 Å². The Bertz CT molecular complexity index is 518. The SMILES string of the molecule is COc1ccc2c(c1)CC(C(=O)C(=O)O)C2=O. The summed E-state index contributed by atoms with van der Waals surface area (Å²) in [5, 5.41) is 8.61. The second-order valence-electron chi connectivity index (χ2n) is 3.81. The molecule has 0 saturated carbocycles. The largest absolute Gasteiger partial charge is 0.497 e. The summed E-state index contributed by atoms with van der Waals surface area (Å²) in [6.45, 7) is 0. The fourth-order valence-corrected chi connectivity index (χ4v) is 1.97. The van der Waals surface area contributed by atoms with Crippen LogP contribution >= 0.6 is 0 Å². The predicted molar refractivity (Wildman–Crippen MR) is 57.2 cm³/mol. The number of Topliss-reactive ketones (excluding diaryl/α,β-unsaturated/α-hetero) is 2. The molecule has 0 fully saturated rings. The summed E-state index contributed by atoms with van der Waals surface area (Å²) in [6, 6.07) is 4.83. The number of rotatable bonds is 3. The molecule has 0 aliphatic heterocycles. The average molecular weight is 234 g/mol. The third kappa shape index (κ3) is 1.80. The van der Waals surface area contributed by atoms with Crippen LogP contribution in [0.4, 0.5) is 0 Å². The van der Waals surface area contributed by atoms with E-state index in [1.807, 2.05) is 0 Å². The minimum atomic E-state index is -1.57. The second-order valence-corrected chi connectivity index (χ2v) is 3.81. The van der Waals surface area contributed by atoms with Crippen molar-refractivity contribution in [1.82, 2.24) is 0 Å². The molecule has 0 heterocycles. The Morgan fingerprint density at radius 1 is 1.41 bits per heavy atom. The molecule has 0 spiro atoms. The molecule has 0 bridgehead atoms. The Labute approximate surface area is 97.0 Å². The van der Waals surface area contributed by atoms with Crippen molar-refractivity contribution in [1.29, 1.82) is 0 Å². The van der Waals surface area contributed by atoms with Gasteiger partial charge in [0.25, 0.3) is 5.78 Å². The summed E-state index contributed by atoms with van der Waals surface area (Å²) in [7, 11) is 1.50. The quantitative estimate of drug-likeness (QED) is 0.615. The van der Waals surface area contributed by atoms with Crippen LogP contribution in [0.3, 0.4) is 0 Å². The van der Waals surface area contributed by atoms with E-state index in [1.54, 1.807) is 18.2 Å². The van der Waals surface area contributed by atoms with Crippen LogP contribution in [-0.4, -0.2) is 29.8 Å². The third-order valence-corrected chi connectivity index (χ3v) is 2.85. The first-order valence-electron chi connectivity index (χ1n) is 5.03. The lowest BCUT2D eigenvalue weighted by molar-refractivity contribution is -0.150. The summed E-state index contributed by atoms with van der Waals surface area (Å²) in [6.07, 6.45) is 0.135. The molecule has 1 aromatic carbocycles. The number of hydrogen-bond donors (Lipinski definition) is 1. The Morgan fingerprint density at radius 3 is 2.71 bits per heavy atom. The minimum absolute atomic E-state index is 0.135. The van der Waals surface area contributed by atoms with Gasteiger partial charge in [0, 0.05) is 5.56 Å². The van der Waals surface area contributed by atoms with Crippen LogP contribution in [-0.2, 0) is 16.0 Å². The van der Waals surface area contributed by atoms with Gasteiger partial charge in [0.1, 0.15) is 5.75 Å². The molecular weight excluding hydrogens is 224 g/mol. The van der Waals surface area contributed by atoms with E-state index in [0.717, 1.165) is 0 Å². The van der Waals surface area contributed by atoms with Crippen LogP contribution in [0.15, 0.2) is 18.2 Å². The highest BCUT2D eigenvalue weighted by Crippen LogP contribution is 2.30. The predicted octanol–water partition coefficient (Wildman–Crippen LogP) is 0.704. The van der Waals surface area contributed by atoms with Gasteiger partial charge in [0.15, 0.2) is 5.78 Å². The number of ketones is 2. The average Bonchev–Trinajstić information content (AvgIpc) is 2.65. The van der Waals surface area contributed by atoms with Crippen molar-refractivity contribution in [3.05, 3.63) is 29.3 Å². The summed E-state index contributed by atoms with van der Waals surface area (Å²) in [4.78, 5) is 33.7. The number of carboxylic acid groups (broad SMARTS) is 1. The monoisotopic (exact) mass is 234 g/mol. The molecule has 0 saturated heterocycles. The van der Waals surface area contributed by atoms with Gasteiger partial charge < -0.3 is 9.84 Å². The summed E-state index contributed by atoms with van der Waals surface area (Å²) >= 11 is 0. The van der Waals surface area contributed by atoms with Crippen molar-refractivity contribution >= 4 is 17.5 Å². The molecule has 1 aromatic rings. The van der Waals surface area contributed by atoms with Crippen LogP contribution < -0.4 is 4.74 Å². The fraction of sp³-hybridized carbons (Fsp3) is 0.250. The Kier molecular flexibility index (Phi) is 2.67. The Morgan fingerprint density at radius 2 is 2.12 bits per heavy atom. The number of aliphatic carboxylic acids is 1. The Hall–Kier alpha value is -2.17. The molecule has 1 unspecified atom stereocenters. The van der Waals surface area contributed by atoms with Crippen LogP contribution in [0.2, 0.25) is 0 Å². The third-order valence-electron chi connectivity index (χ3n) is 2.85. The van der Waals surface area contributed by atoms with Crippen molar-refractivity contribution in [2.75, 3.05) is 7.11 Å². The van der Waals surface area contributed by atoms with Gasteiger partial charge in [-0.25, -0.2) is 4.79 Å². The van der Waals surface area contributed by atoms with E-state index >= 15 is 0 Å². The van der Waals surface area contributed by atoms with Gasteiger partial charge in [-0.3, -0.25) is 9.59 Å². The van der Waals surface area contributed by atoms with Crippen LogP contribution in [0.5, 0.6) is 5.75 Å². The molecule has 5 heteroatoms. The van der Waals surface area contributed by atoms with Crippen molar-refractivity contribution in [2.24, 2.45) is 5.92 Å². The normalized spacial score (nSPS) is 17.7. The maximum absolute atomic E-state index is 11.8. The molecule has 17 heavy (non-hydrogen) atoms. The molecular formula is C12H10O5. The molecule has 0 aromatic heterocycles. The standard InChI is InChI=1S/C12H10O5/c1-17-7-2-3-8-6(4-7)5-9(10(8)13)11(14)12(15)16/h2-4,9H,5H2,1H3,(H,15,16). The molecule has 0 amide bonds. The van der Waals surface area contributed by atoms with Crippen LogP contribution in [0.25, 0.3) is 0 Å². The Balaban J connectivity index is 2.35. The molecule has 5 nitrogen and oxygen atoms in total. The number of carbonyl (C=O) groups excluding carboxylic acids is 2. The molecule has 1 aliphatic rings. The fourth-order valence-electron chi connectivity index (χ4n) is 1.97. The van der Waals surface area contributed by atoms with Crippen molar-refractivity contribution < 1.29 is 24.2 Å². The molecule has 2 rings (SSSR count). The van der Waals surface area contributed by atoms with E-state index in [1.165, 1.54) is 7.11 Å². The lowest BCUT2D eigenvalue weighted by Crippen LogP contribution is -2.27. The first-order valence-corrected chi connectivity index (χ1v) is 5.03. The minimum Gasteiger partial charge on any atom is -0.497 e. The van der Waals surface area contributed by atoms with E-state index in [4.69, 9.17) is 9.84 Å². The van der Waals surface area contributed by atoms with Gasteiger partial charge in [0.05, 0.1) is 13.0 Å². The maximum Gasteiger partial charge on any atom is 0.372 e. The molecule has 88 valence electrons. The van der Waals surface area contributed by atoms with E-state index in [2.05, 4.69) is 0 Å². The van der Waals surface area contributed by atoms with Gasteiger partial charge in [-0.1, -0.05) is 0 Å². The summed E-state index contributed by atoms with van der Waals surface area (Å²) < 4.78 is 5.01. The molecule has 0 radical (unpaired) electrons. The van der Waals surface area contributed by atoms with Crippen LogP contribution in [0, 0.1) is 5.92 Å². The first kappa shape index (κ1) is 11.3. The first-order chi connectivity index (χ1) is 8.04. The van der Waals surface area contributed by atoms with E-state index < -0.39 is 23.5 Å². The van der Waals surface area contributed by atoms with Gasteiger partial charge in [0.2, 0.25) is 0 Å². The summed E-state index contributed by atoms with van der Waals surface area (Å²) in [5.74, 6) is -3.54. The van der Waals surface area contributed by atoms with E-state index in [-0.39, 0.29) is 6.42 Å². The molecule has 1 atom stereocenters. The van der Waals surface area contributed by atoms with Crippen LogP contribution in [0.1, 0.15) is 15.9 Å². The lowest BCUT2D eigenvalue weighted by atomic mass is 10.00. The van der Waals surface area contributed by atoms with E-state index in [0.29, 0.717) is 16.9 Å². The highest BCUT2D eigenvalue weighted by molar-refractivity contribution is 6.39. The second kappa shape index (κ2) is 4.01. The van der Waals surface area contributed by atoms with Gasteiger partial charge >= 0.3 is 5.97 Å². The highest BCUT2D eigenvalue weighted by atomic mass is 16.5. The number of carboxylic acids is 1. The zero-order valence-corrected chi connectivity index (χ0v) is 9.10. The number of benzene rings is 1. The number of methoxy groups -OCH3 is 1. The molecule has 1 aliphatic carbocycles. The van der Waals surface area contributed by atoms with E-state index in [9.17, 15) is 14.4 Å².